The lowest BCUT2D eigenvalue weighted by atomic mass is 10.0. The van der Waals surface area contributed by atoms with E-state index >= 15 is 0 Å². The summed E-state index contributed by atoms with van der Waals surface area (Å²) in [7, 11) is 3.19. The van der Waals surface area contributed by atoms with Crippen molar-refractivity contribution in [3.05, 3.63) is 59.8 Å². The summed E-state index contributed by atoms with van der Waals surface area (Å²) in [5.41, 5.74) is 1.36. The molecule has 1 heterocycles. The Morgan fingerprint density at radius 1 is 1.00 bits per heavy atom. The number of aliphatic hydroxyl groups is 1. The van der Waals surface area contributed by atoms with Gasteiger partial charge in [-0.3, -0.25) is 9.59 Å². The van der Waals surface area contributed by atoms with E-state index in [1.54, 1.807) is 60.5 Å². The summed E-state index contributed by atoms with van der Waals surface area (Å²) in [6, 6.07) is 14.1. The van der Waals surface area contributed by atoms with E-state index in [-0.39, 0.29) is 24.4 Å². The largest absolute Gasteiger partial charge is 0.496 e. The van der Waals surface area contributed by atoms with Crippen LogP contribution in [0.3, 0.4) is 0 Å². The highest BCUT2D eigenvalue weighted by molar-refractivity contribution is 6.46. The minimum absolute atomic E-state index is 0.156. The third-order valence-electron chi connectivity index (χ3n) is 4.82. The highest BCUT2D eigenvalue weighted by Crippen LogP contribution is 2.40. The number of benzene rings is 2. The number of carbonyl (C=O) groups excluding carboxylic acids is 2. The van der Waals surface area contributed by atoms with Crippen molar-refractivity contribution in [2.24, 2.45) is 0 Å². The Labute approximate surface area is 176 Å². The molecule has 0 atom stereocenters. The van der Waals surface area contributed by atoms with E-state index in [4.69, 9.17) is 9.47 Å². The van der Waals surface area contributed by atoms with Crippen LogP contribution >= 0.6 is 0 Å². The number of methoxy groups -OCH3 is 1. The van der Waals surface area contributed by atoms with Gasteiger partial charge in [-0.15, -0.1) is 0 Å². The molecule has 1 aliphatic rings. The number of rotatable bonds is 9. The Kier molecular flexibility index (Phi) is 6.74. The molecule has 0 fully saturated rings. The van der Waals surface area contributed by atoms with Gasteiger partial charge in [-0.25, -0.2) is 4.90 Å². The normalized spacial score (nSPS) is 13.8. The summed E-state index contributed by atoms with van der Waals surface area (Å²) < 4.78 is 11.2. The fourth-order valence-electron chi connectivity index (χ4n) is 3.42. The van der Waals surface area contributed by atoms with Gasteiger partial charge in [0.05, 0.1) is 31.6 Å². The van der Waals surface area contributed by atoms with Crippen molar-refractivity contribution in [1.29, 1.82) is 0 Å². The van der Waals surface area contributed by atoms with Crippen molar-refractivity contribution in [3.8, 4) is 11.5 Å². The summed E-state index contributed by atoms with van der Waals surface area (Å²) >= 11 is 0. The highest BCUT2D eigenvalue weighted by atomic mass is 16.5. The van der Waals surface area contributed by atoms with Gasteiger partial charge in [0, 0.05) is 19.2 Å². The number of imide groups is 1. The Hall–Kier alpha value is -3.32. The van der Waals surface area contributed by atoms with E-state index in [1.165, 1.54) is 7.11 Å². The zero-order valence-electron chi connectivity index (χ0n) is 17.4. The second-order valence-electron chi connectivity index (χ2n) is 6.83. The molecule has 0 saturated heterocycles. The third-order valence-corrected chi connectivity index (χ3v) is 4.82. The Bertz CT molecular complexity index is 970. The monoisotopic (exact) mass is 410 g/mol. The smallest absolute Gasteiger partial charge is 0.282 e. The third kappa shape index (κ3) is 3.89. The van der Waals surface area contributed by atoms with Crippen molar-refractivity contribution >= 4 is 23.1 Å². The first-order chi connectivity index (χ1) is 14.5. The van der Waals surface area contributed by atoms with E-state index < -0.39 is 11.8 Å². The average Bonchev–Trinajstić information content (AvgIpc) is 3.02. The van der Waals surface area contributed by atoms with Gasteiger partial charge in [0.1, 0.15) is 17.2 Å². The van der Waals surface area contributed by atoms with Crippen LogP contribution in [0.1, 0.15) is 18.9 Å². The number of aliphatic hydroxyl groups excluding tert-OH is 1. The van der Waals surface area contributed by atoms with Crippen LogP contribution in [-0.2, 0) is 9.59 Å². The van der Waals surface area contributed by atoms with Crippen LogP contribution in [0.25, 0.3) is 5.57 Å². The van der Waals surface area contributed by atoms with Gasteiger partial charge in [0.25, 0.3) is 11.8 Å². The molecular weight excluding hydrogens is 384 g/mol. The molecule has 30 heavy (non-hydrogen) atoms. The van der Waals surface area contributed by atoms with E-state index in [9.17, 15) is 14.7 Å². The van der Waals surface area contributed by atoms with Crippen LogP contribution in [0.5, 0.6) is 11.5 Å². The summed E-state index contributed by atoms with van der Waals surface area (Å²) in [5, 5.41) is 9.41. The number of likely N-dealkylation sites (N-methyl/N-ethyl adjacent to an activating group) is 1. The Balaban J connectivity index is 2.15. The van der Waals surface area contributed by atoms with Gasteiger partial charge in [-0.05, 0) is 24.6 Å². The number of anilines is 1. The molecule has 0 aliphatic carbocycles. The molecule has 0 aromatic heterocycles. The number of hydrogen-bond donors (Lipinski definition) is 1. The predicted molar refractivity (Wildman–Crippen MR) is 114 cm³/mol. The lowest BCUT2D eigenvalue weighted by Gasteiger charge is -2.21. The Morgan fingerprint density at radius 2 is 1.67 bits per heavy atom. The van der Waals surface area contributed by atoms with Crippen LogP contribution < -0.4 is 14.4 Å². The quantitative estimate of drug-likeness (QED) is 0.641. The maximum absolute atomic E-state index is 13.6. The van der Waals surface area contributed by atoms with Crippen molar-refractivity contribution in [2.75, 3.05) is 38.8 Å². The van der Waals surface area contributed by atoms with E-state index in [0.29, 0.717) is 29.4 Å². The zero-order chi connectivity index (χ0) is 21.7. The van der Waals surface area contributed by atoms with Crippen molar-refractivity contribution in [1.82, 2.24) is 4.90 Å². The summed E-state index contributed by atoms with van der Waals surface area (Å²) in [6.07, 6.45) is 0.797. The number of ether oxygens (including phenoxy) is 2. The molecule has 1 aliphatic heterocycles. The van der Waals surface area contributed by atoms with Crippen molar-refractivity contribution < 1.29 is 24.2 Å². The van der Waals surface area contributed by atoms with Gasteiger partial charge < -0.3 is 19.5 Å². The minimum Gasteiger partial charge on any atom is -0.496 e. The molecule has 0 unspecified atom stereocenters. The number of hydrogen-bond acceptors (Lipinski definition) is 6. The average molecular weight is 410 g/mol. The van der Waals surface area contributed by atoms with Crippen LogP contribution in [-0.4, -0.2) is 55.7 Å². The maximum atomic E-state index is 13.6. The van der Waals surface area contributed by atoms with E-state index in [1.807, 2.05) is 6.92 Å². The maximum Gasteiger partial charge on any atom is 0.282 e. The van der Waals surface area contributed by atoms with Crippen molar-refractivity contribution in [2.45, 2.75) is 13.3 Å². The van der Waals surface area contributed by atoms with Gasteiger partial charge in [-0.1, -0.05) is 37.3 Å². The van der Waals surface area contributed by atoms with E-state index in [2.05, 4.69) is 0 Å². The predicted octanol–water partition coefficient (Wildman–Crippen LogP) is 2.69. The fraction of sp³-hybridized carbons (Fsp3) is 0.304. The second kappa shape index (κ2) is 9.45. The molecule has 2 aromatic rings. The second-order valence-corrected chi connectivity index (χ2v) is 6.83. The van der Waals surface area contributed by atoms with Gasteiger partial charge >= 0.3 is 0 Å². The fourth-order valence-corrected chi connectivity index (χ4v) is 3.42. The molecule has 0 bridgehead atoms. The van der Waals surface area contributed by atoms with Crippen LogP contribution in [0.15, 0.2) is 54.2 Å². The molecular formula is C23H26N2O5. The molecule has 1 N–H and O–H groups in total. The van der Waals surface area contributed by atoms with Gasteiger partial charge in [0.15, 0.2) is 0 Å². The standard InChI is InChI=1S/C23H26N2O5/c1-4-15-30-19-12-8-6-10-17(19)25-22(27)20(16-9-5-7-11-18(16)29-3)21(23(25)28)24(2)13-14-26/h5-12,26H,4,13-15H2,1-3H3. The molecule has 0 spiro atoms. The first kappa shape index (κ1) is 21.4. The number of amides is 2. The molecule has 0 radical (unpaired) electrons. The number of nitrogens with zero attached hydrogens (tertiary/aromatic N) is 2. The lowest BCUT2D eigenvalue weighted by molar-refractivity contribution is -0.120. The first-order valence-electron chi connectivity index (χ1n) is 9.85. The first-order valence-corrected chi connectivity index (χ1v) is 9.85. The van der Waals surface area contributed by atoms with Crippen molar-refractivity contribution in [3.63, 3.8) is 0 Å². The summed E-state index contributed by atoms with van der Waals surface area (Å²) in [5.74, 6) is 0.0219. The molecule has 2 aromatic carbocycles. The summed E-state index contributed by atoms with van der Waals surface area (Å²) in [4.78, 5) is 29.8. The number of carbonyl (C=O) groups is 2. The zero-order valence-corrected chi connectivity index (χ0v) is 17.4. The topological polar surface area (TPSA) is 79.3 Å². The molecule has 7 nitrogen and oxygen atoms in total. The minimum atomic E-state index is -0.468. The van der Waals surface area contributed by atoms with Gasteiger partial charge in [0.2, 0.25) is 0 Å². The molecule has 7 heteroatoms. The Morgan fingerprint density at radius 3 is 2.33 bits per heavy atom. The van der Waals surface area contributed by atoms with Crippen LogP contribution in [0.4, 0.5) is 5.69 Å². The van der Waals surface area contributed by atoms with Crippen LogP contribution in [0.2, 0.25) is 0 Å². The molecule has 158 valence electrons. The van der Waals surface area contributed by atoms with Gasteiger partial charge in [-0.2, -0.15) is 0 Å². The van der Waals surface area contributed by atoms with Crippen LogP contribution in [0, 0.1) is 0 Å². The molecule has 3 rings (SSSR count). The molecule has 2 amide bonds. The lowest BCUT2D eigenvalue weighted by Crippen LogP contribution is -2.35. The highest BCUT2D eigenvalue weighted by Gasteiger charge is 2.43. The SMILES string of the molecule is CCCOc1ccccc1N1C(=O)C(c2ccccc2OC)=C(N(C)CCO)C1=O. The summed E-state index contributed by atoms with van der Waals surface area (Å²) in [6.45, 7) is 2.50. The molecule has 0 saturated carbocycles. The number of para-hydroxylation sites is 3. The van der Waals surface area contributed by atoms with E-state index in [0.717, 1.165) is 11.3 Å².